The largest absolute Gasteiger partial charge is 0.383 e. The minimum Gasteiger partial charge on any atom is -0.383 e. The van der Waals surface area contributed by atoms with Gasteiger partial charge in [-0.2, -0.15) is 5.10 Å². The SMILES string of the molecule is COCCN1CC[C@@H](CNC(=O)c2nn(-c3c(F)cccc3F)cc2C)C1. The van der Waals surface area contributed by atoms with E-state index in [1.54, 1.807) is 14.0 Å². The van der Waals surface area contributed by atoms with Crippen molar-refractivity contribution in [3.63, 3.8) is 0 Å². The minimum absolute atomic E-state index is 0.173. The fourth-order valence-corrected chi connectivity index (χ4v) is 3.33. The van der Waals surface area contributed by atoms with Crippen molar-refractivity contribution in [2.45, 2.75) is 13.3 Å². The topological polar surface area (TPSA) is 59.4 Å². The predicted molar refractivity (Wildman–Crippen MR) is 97.0 cm³/mol. The van der Waals surface area contributed by atoms with Gasteiger partial charge in [0.15, 0.2) is 17.3 Å². The van der Waals surface area contributed by atoms with Gasteiger partial charge in [-0.15, -0.1) is 0 Å². The van der Waals surface area contributed by atoms with Crippen molar-refractivity contribution >= 4 is 5.91 Å². The third kappa shape index (κ3) is 4.51. The number of para-hydroxylation sites is 1. The molecule has 1 aromatic heterocycles. The molecule has 27 heavy (non-hydrogen) atoms. The smallest absolute Gasteiger partial charge is 0.272 e. The lowest BCUT2D eigenvalue weighted by atomic mass is 10.1. The summed E-state index contributed by atoms with van der Waals surface area (Å²) in [6.07, 6.45) is 2.47. The highest BCUT2D eigenvalue weighted by molar-refractivity contribution is 5.93. The highest BCUT2D eigenvalue weighted by atomic mass is 19.1. The zero-order chi connectivity index (χ0) is 19.4. The molecule has 1 aliphatic heterocycles. The zero-order valence-electron chi connectivity index (χ0n) is 15.5. The Morgan fingerprint density at radius 2 is 2.11 bits per heavy atom. The van der Waals surface area contributed by atoms with E-state index in [1.807, 2.05) is 0 Å². The van der Waals surface area contributed by atoms with Gasteiger partial charge in [-0.3, -0.25) is 4.79 Å². The fourth-order valence-electron chi connectivity index (χ4n) is 3.33. The number of hydrogen-bond donors (Lipinski definition) is 1. The first-order valence-corrected chi connectivity index (χ1v) is 8.99. The molecule has 3 rings (SSSR count). The summed E-state index contributed by atoms with van der Waals surface area (Å²) >= 11 is 0. The number of halogens is 2. The van der Waals surface area contributed by atoms with E-state index in [2.05, 4.69) is 15.3 Å². The number of hydrogen-bond acceptors (Lipinski definition) is 4. The summed E-state index contributed by atoms with van der Waals surface area (Å²) in [5.74, 6) is -1.42. The maximum absolute atomic E-state index is 13.9. The van der Waals surface area contributed by atoms with Crippen LogP contribution in [0.1, 0.15) is 22.5 Å². The quantitative estimate of drug-likeness (QED) is 0.802. The lowest BCUT2D eigenvalue weighted by molar-refractivity contribution is 0.0940. The maximum atomic E-state index is 13.9. The minimum atomic E-state index is -0.730. The normalized spacial score (nSPS) is 17.4. The average Bonchev–Trinajstić information content (AvgIpc) is 3.24. The first-order chi connectivity index (χ1) is 13.0. The zero-order valence-corrected chi connectivity index (χ0v) is 15.5. The van der Waals surface area contributed by atoms with E-state index in [9.17, 15) is 13.6 Å². The van der Waals surface area contributed by atoms with Gasteiger partial charge in [-0.1, -0.05) is 6.07 Å². The Morgan fingerprint density at radius 1 is 1.37 bits per heavy atom. The molecule has 1 amide bonds. The van der Waals surface area contributed by atoms with Crippen molar-refractivity contribution < 1.29 is 18.3 Å². The lowest BCUT2D eigenvalue weighted by Crippen LogP contribution is -2.32. The average molecular weight is 378 g/mol. The van der Waals surface area contributed by atoms with Crippen molar-refractivity contribution in [3.8, 4) is 5.69 Å². The van der Waals surface area contributed by atoms with Gasteiger partial charge in [0.05, 0.1) is 6.61 Å². The van der Waals surface area contributed by atoms with Crippen LogP contribution in [-0.2, 0) is 4.74 Å². The van der Waals surface area contributed by atoms with Crippen LogP contribution >= 0.6 is 0 Å². The van der Waals surface area contributed by atoms with Crippen molar-refractivity contribution in [1.82, 2.24) is 20.0 Å². The van der Waals surface area contributed by atoms with E-state index in [0.29, 0.717) is 24.6 Å². The highest BCUT2D eigenvalue weighted by Crippen LogP contribution is 2.19. The Bertz CT molecular complexity index is 789. The number of aromatic nitrogens is 2. The number of likely N-dealkylation sites (tertiary alicyclic amines) is 1. The summed E-state index contributed by atoms with van der Waals surface area (Å²) in [5, 5.41) is 6.99. The van der Waals surface area contributed by atoms with Crippen LogP contribution in [0.25, 0.3) is 5.69 Å². The van der Waals surface area contributed by atoms with Crippen LogP contribution in [0.3, 0.4) is 0 Å². The van der Waals surface area contributed by atoms with Gasteiger partial charge in [0.25, 0.3) is 5.91 Å². The second-order valence-corrected chi connectivity index (χ2v) is 6.83. The molecule has 0 spiro atoms. The van der Waals surface area contributed by atoms with Crippen LogP contribution in [0.2, 0.25) is 0 Å². The Balaban J connectivity index is 1.62. The number of ether oxygens (including phenoxy) is 1. The summed E-state index contributed by atoms with van der Waals surface area (Å²) in [6.45, 7) is 5.73. The van der Waals surface area contributed by atoms with Crippen LogP contribution in [0.15, 0.2) is 24.4 Å². The number of amides is 1. The number of nitrogens with one attached hydrogen (secondary N) is 1. The number of carbonyl (C=O) groups excluding carboxylic acids is 1. The summed E-state index contributed by atoms with van der Waals surface area (Å²) in [4.78, 5) is 14.8. The molecule has 0 radical (unpaired) electrons. The highest BCUT2D eigenvalue weighted by Gasteiger charge is 2.24. The molecular formula is C19H24F2N4O2. The van der Waals surface area contributed by atoms with Crippen LogP contribution < -0.4 is 5.32 Å². The van der Waals surface area contributed by atoms with Crippen molar-refractivity contribution in [2.24, 2.45) is 5.92 Å². The molecule has 2 heterocycles. The van der Waals surface area contributed by atoms with Crippen LogP contribution in [-0.4, -0.2) is 60.5 Å². The molecule has 0 aliphatic carbocycles. The van der Waals surface area contributed by atoms with E-state index >= 15 is 0 Å². The molecule has 1 atom stereocenters. The molecule has 1 fully saturated rings. The molecule has 0 saturated carbocycles. The predicted octanol–water partition coefficient (Wildman–Crippen LogP) is 2.16. The summed E-state index contributed by atoms with van der Waals surface area (Å²) < 4.78 is 34.1. The fraction of sp³-hybridized carbons (Fsp3) is 0.474. The van der Waals surface area contributed by atoms with Crippen molar-refractivity contribution in [2.75, 3.05) is 39.9 Å². The third-order valence-electron chi connectivity index (χ3n) is 4.81. The van der Waals surface area contributed by atoms with E-state index < -0.39 is 11.6 Å². The summed E-state index contributed by atoms with van der Waals surface area (Å²) in [5.41, 5.74) is 0.444. The molecule has 8 heteroatoms. The second-order valence-electron chi connectivity index (χ2n) is 6.83. The molecule has 146 valence electrons. The molecule has 6 nitrogen and oxygen atoms in total. The molecule has 1 saturated heterocycles. The van der Waals surface area contributed by atoms with Gasteiger partial charge in [-0.25, -0.2) is 13.5 Å². The molecule has 2 aromatic rings. The van der Waals surface area contributed by atoms with Crippen LogP contribution in [0, 0.1) is 24.5 Å². The molecule has 1 aromatic carbocycles. The number of methoxy groups -OCH3 is 1. The molecule has 1 aliphatic rings. The standard InChI is InChI=1S/C19H24F2N4O2/c1-13-11-25(18-15(20)4-3-5-16(18)21)23-17(13)19(26)22-10-14-6-7-24(12-14)8-9-27-2/h3-5,11,14H,6-10,12H2,1-2H3,(H,22,26)/t14-/m0/s1. The first-order valence-electron chi connectivity index (χ1n) is 8.99. The Labute approximate surface area is 157 Å². The Kier molecular flexibility index (Phi) is 6.18. The molecule has 1 N–H and O–H groups in total. The van der Waals surface area contributed by atoms with Crippen molar-refractivity contribution in [3.05, 3.63) is 47.3 Å². The van der Waals surface area contributed by atoms with Gasteiger partial charge in [0.1, 0.15) is 5.69 Å². The van der Waals surface area contributed by atoms with E-state index in [-0.39, 0.29) is 17.3 Å². The number of rotatable bonds is 7. The molecule has 0 unspecified atom stereocenters. The van der Waals surface area contributed by atoms with Crippen LogP contribution in [0.4, 0.5) is 8.78 Å². The number of benzene rings is 1. The third-order valence-corrected chi connectivity index (χ3v) is 4.81. The molecular weight excluding hydrogens is 354 g/mol. The van der Waals surface area contributed by atoms with E-state index in [1.165, 1.54) is 12.3 Å². The first kappa shape index (κ1) is 19.4. The summed E-state index contributed by atoms with van der Waals surface area (Å²) in [6, 6.07) is 3.60. The van der Waals surface area contributed by atoms with Gasteiger partial charge in [0, 0.05) is 38.5 Å². The molecule has 0 bridgehead atoms. The second kappa shape index (κ2) is 8.58. The number of carbonyl (C=O) groups is 1. The van der Waals surface area contributed by atoms with Gasteiger partial charge >= 0.3 is 0 Å². The summed E-state index contributed by atoms with van der Waals surface area (Å²) in [7, 11) is 1.68. The Morgan fingerprint density at radius 3 is 2.81 bits per heavy atom. The van der Waals surface area contributed by atoms with Gasteiger partial charge < -0.3 is 15.0 Å². The van der Waals surface area contributed by atoms with E-state index in [0.717, 1.165) is 42.9 Å². The number of aryl methyl sites for hydroxylation is 1. The van der Waals surface area contributed by atoms with Gasteiger partial charge in [-0.05, 0) is 37.9 Å². The van der Waals surface area contributed by atoms with Crippen LogP contribution in [0.5, 0.6) is 0 Å². The maximum Gasteiger partial charge on any atom is 0.272 e. The van der Waals surface area contributed by atoms with Gasteiger partial charge in [0.2, 0.25) is 0 Å². The lowest BCUT2D eigenvalue weighted by Gasteiger charge is -2.15. The van der Waals surface area contributed by atoms with Crippen molar-refractivity contribution in [1.29, 1.82) is 0 Å². The monoisotopic (exact) mass is 378 g/mol. The number of nitrogens with zero attached hydrogens (tertiary/aromatic N) is 3. The Hall–Kier alpha value is -2.32. The van der Waals surface area contributed by atoms with E-state index in [4.69, 9.17) is 4.74 Å².